The van der Waals surface area contributed by atoms with Crippen molar-refractivity contribution in [2.24, 2.45) is 0 Å². The Hall–Kier alpha value is -2.59. The molecular weight excluding hydrogens is 361 g/mol. The van der Waals surface area contributed by atoms with Gasteiger partial charge in [-0.15, -0.1) is 0 Å². The minimum atomic E-state index is -4.48. The summed E-state index contributed by atoms with van der Waals surface area (Å²) < 4.78 is 63.2. The number of carbonyl (C=O) groups is 1. The first-order chi connectivity index (χ1) is 11.5. The molecule has 0 radical (unpaired) electrons. The molecule has 0 heterocycles. The van der Waals surface area contributed by atoms with Crippen molar-refractivity contribution in [2.75, 3.05) is 12.4 Å². The Labute approximate surface area is 141 Å². The fourth-order valence-electron chi connectivity index (χ4n) is 1.99. The number of halogens is 3. The van der Waals surface area contributed by atoms with Crippen LogP contribution in [0.15, 0.2) is 47.4 Å². The predicted octanol–water partition coefficient (Wildman–Crippen LogP) is 3.06. The lowest BCUT2D eigenvalue weighted by Crippen LogP contribution is -2.19. The molecule has 10 heteroatoms. The Morgan fingerprint density at radius 2 is 1.68 bits per heavy atom. The van der Waals surface area contributed by atoms with E-state index in [1.807, 2.05) is 0 Å². The fourth-order valence-corrected chi connectivity index (χ4v) is 2.75. The summed E-state index contributed by atoms with van der Waals surface area (Å²) in [5.74, 6) is -1.39. The number of alkyl halides is 3. The number of nitrogens with one attached hydrogen (secondary N) is 2. The summed E-state index contributed by atoms with van der Waals surface area (Å²) in [6, 6.07) is 7.36. The molecule has 2 aromatic carbocycles. The van der Waals surface area contributed by atoms with E-state index in [2.05, 4.69) is 10.0 Å². The Morgan fingerprint density at radius 1 is 1.08 bits per heavy atom. The van der Waals surface area contributed by atoms with Gasteiger partial charge in [-0.05, 0) is 49.5 Å². The average Bonchev–Trinajstić information content (AvgIpc) is 2.54. The molecular formula is C15H13F3N2O4S. The third-order valence-electron chi connectivity index (χ3n) is 3.29. The largest absolute Gasteiger partial charge is 0.478 e. The van der Waals surface area contributed by atoms with Crippen LogP contribution < -0.4 is 10.0 Å². The van der Waals surface area contributed by atoms with Gasteiger partial charge in [0.05, 0.1) is 21.7 Å². The van der Waals surface area contributed by atoms with E-state index in [4.69, 9.17) is 0 Å². The van der Waals surface area contributed by atoms with Crippen LogP contribution >= 0.6 is 0 Å². The second-order valence-electron chi connectivity index (χ2n) is 4.92. The summed E-state index contributed by atoms with van der Waals surface area (Å²) in [5, 5.41) is 11.9. The van der Waals surface area contributed by atoms with Gasteiger partial charge in [-0.3, -0.25) is 0 Å². The van der Waals surface area contributed by atoms with Crippen molar-refractivity contribution < 1.29 is 31.5 Å². The molecule has 25 heavy (non-hydrogen) atoms. The minimum absolute atomic E-state index is 0.0438. The van der Waals surface area contributed by atoms with Crippen molar-refractivity contribution in [1.29, 1.82) is 0 Å². The Kier molecular flexibility index (Phi) is 5.04. The first-order valence-electron chi connectivity index (χ1n) is 6.80. The molecule has 0 bridgehead atoms. The molecule has 0 atom stereocenters. The molecule has 0 saturated carbocycles. The monoisotopic (exact) mass is 374 g/mol. The number of benzene rings is 2. The lowest BCUT2D eigenvalue weighted by molar-refractivity contribution is -0.137. The molecule has 0 aliphatic heterocycles. The topological polar surface area (TPSA) is 95.5 Å². The van der Waals surface area contributed by atoms with Gasteiger partial charge in [0.15, 0.2) is 0 Å². The van der Waals surface area contributed by atoms with E-state index >= 15 is 0 Å². The van der Waals surface area contributed by atoms with Crippen LogP contribution in [0.1, 0.15) is 15.9 Å². The van der Waals surface area contributed by atoms with E-state index in [1.54, 1.807) is 0 Å². The third kappa shape index (κ3) is 4.28. The number of sulfonamides is 1. The van der Waals surface area contributed by atoms with Crippen molar-refractivity contribution in [2.45, 2.75) is 11.1 Å². The fraction of sp³-hybridized carbons (Fsp3) is 0.133. The first kappa shape index (κ1) is 18.7. The number of carboxylic acid groups (broad SMARTS) is 1. The standard InChI is InChI=1S/C15H13F3N2O4S/c1-19-25(23,24)11-6-7-13(12(8-11)14(21)22)20-10-4-2-9(3-5-10)15(16,17)18/h2-8,19-20H,1H3,(H,21,22). The summed E-state index contributed by atoms with van der Waals surface area (Å²) in [7, 11) is -2.65. The van der Waals surface area contributed by atoms with Crippen molar-refractivity contribution >= 4 is 27.4 Å². The highest BCUT2D eigenvalue weighted by atomic mass is 32.2. The summed E-state index contributed by atoms with van der Waals surface area (Å²) in [5.41, 5.74) is -0.912. The van der Waals surface area contributed by atoms with Crippen LogP contribution in [0.4, 0.5) is 24.5 Å². The number of anilines is 2. The van der Waals surface area contributed by atoms with Gasteiger partial charge < -0.3 is 10.4 Å². The highest BCUT2D eigenvalue weighted by Crippen LogP contribution is 2.31. The summed E-state index contributed by atoms with van der Waals surface area (Å²) in [4.78, 5) is 11.1. The Balaban J connectivity index is 2.38. The zero-order valence-electron chi connectivity index (χ0n) is 12.8. The molecule has 2 aromatic rings. The smallest absolute Gasteiger partial charge is 0.416 e. The van der Waals surface area contributed by atoms with E-state index in [-0.39, 0.29) is 21.8 Å². The second-order valence-corrected chi connectivity index (χ2v) is 6.81. The predicted molar refractivity (Wildman–Crippen MR) is 84.4 cm³/mol. The Morgan fingerprint density at radius 3 is 2.16 bits per heavy atom. The van der Waals surface area contributed by atoms with Crippen LogP contribution in [0.2, 0.25) is 0 Å². The van der Waals surface area contributed by atoms with E-state index in [0.717, 1.165) is 30.3 Å². The average molecular weight is 374 g/mol. The third-order valence-corrected chi connectivity index (χ3v) is 4.70. The van der Waals surface area contributed by atoms with Crippen LogP contribution in [0.5, 0.6) is 0 Å². The molecule has 134 valence electrons. The summed E-state index contributed by atoms with van der Waals surface area (Å²) in [6.07, 6.45) is -4.48. The van der Waals surface area contributed by atoms with Gasteiger partial charge in [0.1, 0.15) is 0 Å². The maximum absolute atomic E-state index is 12.5. The van der Waals surface area contributed by atoms with Crippen LogP contribution in [-0.2, 0) is 16.2 Å². The van der Waals surface area contributed by atoms with Gasteiger partial charge >= 0.3 is 12.1 Å². The van der Waals surface area contributed by atoms with Crippen LogP contribution in [0, 0.1) is 0 Å². The van der Waals surface area contributed by atoms with E-state index in [9.17, 15) is 31.5 Å². The van der Waals surface area contributed by atoms with Crippen molar-refractivity contribution in [3.63, 3.8) is 0 Å². The van der Waals surface area contributed by atoms with Gasteiger partial charge in [-0.1, -0.05) is 0 Å². The molecule has 0 amide bonds. The number of rotatable bonds is 5. The highest BCUT2D eigenvalue weighted by molar-refractivity contribution is 7.89. The highest BCUT2D eigenvalue weighted by Gasteiger charge is 2.30. The van der Waals surface area contributed by atoms with E-state index in [0.29, 0.717) is 0 Å². The molecule has 0 aliphatic rings. The van der Waals surface area contributed by atoms with Crippen LogP contribution in [0.25, 0.3) is 0 Å². The molecule has 0 fully saturated rings. The van der Waals surface area contributed by atoms with E-state index in [1.165, 1.54) is 19.2 Å². The maximum Gasteiger partial charge on any atom is 0.416 e. The molecule has 0 saturated heterocycles. The molecule has 0 unspecified atom stereocenters. The molecule has 0 aromatic heterocycles. The zero-order valence-corrected chi connectivity index (χ0v) is 13.6. The SMILES string of the molecule is CNS(=O)(=O)c1ccc(Nc2ccc(C(F)(F)F)cc2)c(C(=O)O)c1. The molecule has 3 N–H and O–H groups in total. The molecule has 0 spiro atoms. The van der Waals surface area contributed by atoms with Crippen LogP contribution in [-0.4, -0.2) is 26.5 Å². The van der Waals surface area contributed by atoms with Gasteiger partial charge in [0, 0.05) is 5.69 Å². The van der Waals surface area contributed by atoms with Gasteiger partial charge in [0.2, 0.25) is 10.0 Å². The quantitative estimate of drug-likeness (QED) is 0.748. The molecule has 0 aliphatic carbocycles. The maximum atomic E-state index is 12.5. The van der Waals surface area contributed by atoms with Gasteiger partial charge in [-0.2, -0.15) is 13.2 Å². The van der Waals surface area contributed by atoms with Crippen molar-refractivity contribution in [3.05, 3.63) is 53.6 Å². The summed E-state index contributed by atoms with van der Waals surface area (Å²) in [6.45, 7) is 0. The lowest BCUT2D eigenvalue weighted by Gasteiger charge is -2.13. The number of carboxylic acids is 1. The minimum Gasteiger partial charge on any atom is -0.478 e. The number of hydrogen-bond acceptors (Lipinski definition) is 4. The van der Waals surface area contributed by atoms with Crippen molar-refractivity contribution in [1.82, 2.24) is 4.72 Å². The first-order valence-corrected chi connectivity index (χ1v) is 8.28. The zero-order chi connectivity index (χ0) is 18.8. The van der Waals surface area contributed by atoms with Gasteiger partial charge in [-0.25, -0.2) is 17.9 Å². The molecule has 6 nitrogen and oxygen atoms in total. The van der Waals surface area contributed by atoms with Gasteiger partial charge in [0.25, 0.3) is 0 Å². The lowest BCUT2D eigenvalue weighted by atomic mass is 10.1. The van der Waals surface area contributed by atoms with Crippen LogP contribution in [0.3, 0.4) is 0 Å². The number of aromatic carboxylic acids is 1. The number of hydrogen-bond donors (Lipinski definition) is 3. The summed E-state index contributed by atoms with van der Waals surface area (Å²) >= 11 is 0. The normalized spacial score (nSPS) is 12.0. The molecule has 2 rings (SSSR count). The Bertz CT molecular complexity index is 894. The van der Waals surface area contributed by atoms with E-state index < -0.39 is 27.7 Å². The second kappa shape index (κ2) is 6.73. The van der Waals surface area contributed by atoms with Crippen molar-refractivity contribution in [3.8, 4) is 0 Å².